The summed E-state index contributed by atoms with van der Waals surface area (Å²) in [5.41, 5.74) is 3.91. The summed E-state index contributed by atoms with van der Waals surface area (Å²) in [6.07, 6.45) is 1.68. The minimum Gasteiger partial charge on any atom is -0.462 e. The van der Waals surface area contributed by atoms with E-state index in [4.69, 9.17) is 4.74 Å². The van der Waals surface area contributed by atoms with Crippen LogP contribution in [0, 0.1) is 37.5 Å². The zero-order valence-electron chi connectivity index (χ0n) is 17.0. The maximum atomic E-state index is 13.0. The predicted molar refractivity (Wildman–Crippen MR) is 112 cm³/mol. The highest BCUT2D eigenvalue weighted by molar-refractivity contribution is 6.06. The van der Waals surface area contributed by atoms with Crippen molar-refractivity contribution in [2.75, 3.05) is 10.6 Å². The van der Waals surface area contributed by atoms with Gasteiger partial charge in [-0.25, -0.2) is 0 Å². The first-order valence-electron chi connectivity index (χ1n) is 10.4. The number of anilines is 2. The molecule has 2 N–H and O–H groups in total. The fraction of sp³-hybridized carbons (Fsp3) is 0.375. The van der Waals surface area contributed by atoms with Crippen LogP contribution in [-0.4, -0.2) is 23.9 Å². The van der Waals surface area contributed by atoms with E-state index < -0.39 is 0 Å². The van der Waals surface area contributed by atoms with Gasteiger partial charge in [-0.2, -0.15) is 0 Å². The van der Waals surface area contributed by atoms with Crippen molar-refractivity contribution in [2.45, 2.75) is 32.8 Å². The van der Waals surface area contributed by atoms with Gasteiger partial charge < -0.3 is 15.4 Å². The van der Waals surface area contributed by atoms with E-state index in [0.29, 0.717) is 11.3 Å². The number of ether oxygens (including phenoxy) is 1. The number of esters is 1. The summed E-state index contributed by atoms with van der Waals surface area (Å²) in [6, 6.07) is 12.7. The molecule has 1 heterocycles. The second kappa shape index (κ2) is 6.97. The molecule has 2 bridgehead atoms. The molecule has 3 fully saturated rings. The Morgan fingerprint density at radius 2 is 1.83 bits per heavy atom. The number of aryl methyl sites for hydroxylation is 1. The van der Waals surface area contributed by atoms with Gasteiger partial charge in [0, 0.05) is 22.9 Å². The average Bonchev–Trinajstić information content (AvgIpc) is 3.34. The highest BCUT2D eigenvalue weighted by atomic mass is 16.6. The number of benzene rings is 2. The smallest absolute Gasteiger partial charge is 0.310 e. The van der Waals surface area contributed by atoms with Crippen LogP contribution in [0.1, 0.15) is 34.3 Å². The molecule has 2 aliphatic carbocycles. The summed E-state index contributed by atoms with van der Waals surface area (Å²) in [5.74, 6) is -0.885. The summed E-state index contributed by atoms with van der Waals surface area (Å²) < 4.78 is 5.42. The topological polar surface area (TPSA) is 84.5 Å². The van der Waals surface area contributed by atoms with Crippen molar-refractivity contribution in [3.8, 4) is 0 Å². The van der Waals surface area contributed by atoms with Crippen molar-refractivity contribution in [2.24, 2.45) is 23.7 Å². The fourth-order valence-electron chi connectivity index (χ4n) is 5.41. The van der Waals surface area contributed by atoms with Crippen molar-refractivity contribution >= 4 is 29.2 Å². The molecule has 5 atom stereocenters. The number of hydrogen-bond donors (Lipinski definition) is 2. The molecule has 2 aromatic carbocycles. The molecule has 30 heavy (non-hydrogen) atoms. The maximum absolute atomic E-state index is 13.0. The quantitative estimate of drug-likeness (QED) is 0.761. The largest absolute Gasteiger partial charge is 0.462 e. The molecule has 0 unspecified atom stereocenters. The number of amides is 2. The molecule has 0 radical (unpaired) electrons. The highest BCUT2D eigenvalue weighted by Crippen LogP contribution is 2.57. The van der Waals surface area contributed by atoms with E-state index in [9.17, 15) is 14.4 Å². The Balaban J connectivity index is 1.31. The lowest BCUT2D eigenvalue weighted by atomic mass is 9.79. The molecule has 2 aromatic rings. The van der Waals surface area contributed by atoms with Crippen LogP contribution in [0.5, 0.6) is 0 Å². The molecule has 5 rings (SSSR count). The van der Waals surface area contributed by atoms with E-state index in [1.54, 1.807) is 24.3 Å². The molecule has 6 nitrogen and oxygen atoms in total. The predicted octanol–water partition coefficient (Wildman–Crippen LogP) is 3.69. The lowest BCUT2D eigenvalue weighted by molar-refractivity contribution is -0.145. The van der Waals surface area contributed by atoms with Gasteiger partial charge in [-0.05, 0) is 68.0 Å². The van der Waals surface area contributed by atoms with Crippen LogP contribution in [0.3, 0.4) is 0 Å². The molecule has 0 aromatic heterocycles. The molecular formula is C24H24N2O4. The van der Waals surface area contributed by atoms with Crippen LogP contribution in [0.4, 0.5) is 11.4 Å². The van der Waals surface area contributed by atoms with E-state index in [2.05, 4.69) is 10.6 Å². The lowest BCUT2D eigenvalue weighted by Gasteiger charge is -2.23. The van der Waals surface area contributed by atoms with E-state index in [0.717, 1.165) is 29.7 Å². The van der Waals surface area contributed by atoms with Crippen LogP contribution in [0.25, 0.3) is 0 Å². The summed E-state index contributed by atoms with van der Waals surface area (Å²) in [7, 11) is 0. The third-order valence-electron chi connectivity index (χ3n) is 7.03. The molecule has 0 spiro atoms. The Morgan fingerprint density at radius 3 is 2.67 bits per heavy atom. The third-order valence-corrected chi connectivity index (χ3v) is 7.03. The van der Waals surface area contributed by atoms with Crippen molar-refractivity contribution in [1.82, 2.24) is 0 Å². The normalized spacial score (nSPS) is 28.3. The van der Waals surface area contributed by atoms with Crippen molar-refractivity contribution in [3.05, 3.63) is 59.2 Å². The molecule has 1 saturated heterocycles. The van der Waals surface area contributed by atoms with Gasteiger partial charge in [0.2, 0.25) is 5.91 Å². The second-order valence-electron chi connectivity index (χ2n) is 8.69. The van der Waals surface area contributed by atoms with E-state index >= 15 is 0 Å². The fourth-order valence-corrected chi connectivity index (χ4v) is 5.41. The van der Waals surface area contributed by atoms with Crippen LogP contribution >= 0.6 is 0 Å². The first-order chi connectivity index (χ1) is 14.4. The van der Waals surface area contributed by atoms with E-state index in [1.807, 2.05) is 32.0 Å². The number of carbonyl (C=O) groups is 3. The van der Waals surface area contributed by atoms with Crippen molar-refractivity contribution in [1.29, 1.82) is 0 Å². The van der Waals surface area contributed by atoms with E-state index in [-0.39, 0.29) is 47.6 Å². The number of rotatable bonds is 4. The Hall–Kier alpha value is -3.15. The Morgan fingerprint density at radius 1 is 1.03 bits per heavy atom. The van der Waals surface area contributed by atoms with Crippen LogP contribution in [0.15, 0.2) is 42.5 Å². The van der Waals surface area contributed by atoms with Crippen LogP contribution < -0.4 is 10.6 Å². The highest BCUT2D eigenvalue weighted by Gasteiger charge is 2.63. The zero-order valence-corrected chi connectivity index (χ0v) is 17.0. The van der Waals surface area contributed by atoms with Crippen LogP contribution in [-0.2, 0) is 14.3 Å². The first kappa shape index (κ1) is 18.9. The van der Waals surface area contributed by atoms with Gasteiger partial charge in [0.1, 0.15) is 6.10 Å². The zero-order chi connectivity index (χ0) is 21.0. The van der Waals surface area contributed by atoms with Gasteiger partial charge in [0.05, 0.1) is 11.8 Å². The molecule has 2 saturated carbocycles. The van der Waals surface area contributed by atoms with Gasteiger partial charge >= 0.3 is 5.97 Å². The van der Waals surface area contributed by atoms with Gasteiger partial charge in [-0.3, -0.25) is 14.4 Å². The minimum absolute atomic E-state index is 0.00801. The molecule has 2 amide bonds. The van der Waals surface area contributed by atoms with Crippen LogP contribution in [0.2, 0.25) is 0 Å². The number of nitrogens with one attached hydrogen (secondary N) is 2. The Kier molecular flexibility index (Phi) is 4.38. The molecular weight excluding hydrogens is 380 g/mol. The Labute approximate surface area is 175 Å². The van der Waals surface area contributed by atoms with Gasteiger partial charge in [-0.1, -0.05) is 18.2 Å². The summed E-state index contributed by atoms with van der Waals surface area (Å²) in [4.78, 5) is 37.9. The minimum atomic E-state index is -0.339. The molecule has 1 aliphatic heterocycles. The summed E-state index contributed by atoms with van der Waals surface area (Å²) in [6.45, 7) is 3.97. The SMILES string of the molecule is Cc1cccc(NC(=O)c2cccc(NC(=O)[C@@H]3[C@@H]4C[C@H]5[C@@H]3C(=O)O[C@@H]5C4)c2)c1C. The molecule has 154 valence electrons. The number of carbonyl (C=O) groups excluding carboxylic acids is 3. The first-order valence-corrected chi connectivity index (χ1v) is 10.4. The number of hydrogen-bond acceptors (Lipinski definition) is 4. The number of fused-ring (bicyclic) bond motifs is 1. The van der Waals surface area contributed by atoms with Gasteiger partial charge in [0.15, 0.2) is 0 Å². The third kappa shape index (κ3) is 2.98. The standard InChI is InChI=1S/C24H24N2O4/c1-12-5-3-8-18(13(12)2)26-22(27)14-6-4-7-16(9-14)25-23(28)20-15-10-17-19(11-15)30-24(29)21(17)20/h3-9,15,17,19-21H,10-11H2,1-2H3,(H,25,28)(H,26,27)/t15-,17-,19-,20-,21+/m1/s1. The monoisotopic (exact) mass is 404 g/mol. The van der Waals surface area contributed by atoms with Gasteiger partial charge in [-0.15, -0.1) is 0 Å². The van der Waals surface area contributed by atoms with E-state index in [1.165, 1.54) is 0 Å². The summed E-state index contributed by atoms with van der Waals surface area (Å²) in [5, 5.41) is 5.86. The molecule has 3 aliphatic rings. The lowest BCUT2D eigenvalue weighted by Crippen LogP contribution is -2.35. The van der Waals surface area contributed by atoms with Crippen molar-refractivity contribution in [3.63, 3.8) is 0 Å². The average molecular weight is 404 g/mol. The Bertz CT molecular complexity index is 1060. The maximum Gasteiger partial charge on any atom is 0.310 e. The molecule has 6 heteroatoms. The van der Waals surface area contributed by atoms with Crippen molar-refractivity contribution < 1.29 is 19.1 Å². The van der Waals surface area contributed by atoms with Gasteiger partial charge in [0.25, 0.3) is 5.91 Å². The second-order valence-corrected chi connectivity index (χ2v) is 8.69. The summed E-state index contributed by atoms with van der Waals surface area (Å²) >= 11 is 0.